The topological polar surface area (TPSA) is 29.0 Å². The van der Waals surface area contributed by atoms with E-state index >= 15 is 0 Å². The Labute approximate surface area is 117 Å². The van der Waals surface area contributed by atoms with Crippen LogP contribution < -0.4 is 4.90 Å². The molecule has 1 heterocycles. The van der Waals surface area contributed by atoms with Crippen LogP contribution in [0.2, 0.25) is 0 Å². The van der Waals surface area contributed by atoms with E-state index in [0.29, 0.717) is 6.04 Å². The highest BCUT2D eigenvalue weighted by atomic mass is 79.9. The van der Waals surface area contributed by atoms with Crippen LogP contribution in [-0.2, 0) is 12.8 Å². The van der Waals surface area contributed by atoms with E-state index in [4.69, 9.17) is 0 Å². The van der Waals surface area contributed by atoms with Crippen LogP contribution >= 0.6 is 15.9 Å². The molecule has 0 atom stereocenters. The normalized spacial score (nSPS) is 19.2. The third-order valence-corrected chi connectivity index (χ3v) is 4.57. The van der Waals surface area contributed by atoms with Crippen LogP contribution in [0.15, 0.2) is 6.33 Å². The van der Waals surface area contributed by atoms with Gasteiger partial charge in [0.1, 0.15) is 12.1 Å². The molecule has 0 aliphatic heterocycles. The van der Waals surface area contributed by atoms with Gasteiger partial charge < -0.3 is 4.90 Å². The predicted molar refractivity (Wildman–Crippen MR) is 77.5 cm³/mol. The number of fused-ring (bicyclic) bond motifs is 1. The van der Waals surface area contributed by atoms with Crippen molar-refractivity contribution in [2.45, 2.75) is 51.0 Å². The zero-order valence-electron chi connectivity index (χ0n) is 10.7. The highest BCUT2D eigenvalue weighted by Gasteiger charge is 2.27. The van der Waals surface area contributed by atoms with E-state index in [1.807, 2.05) is 0 Å². The van der Waals surface area contributed by atoms with Crippen LogP contribution in [0.4, 0.5) is 5.82 Å². The van der Waals surface area contributed by atoms with Crippen molar-refractivity contribution in [1.82, 2.24) is 9.97 Å². The summed E-state index contributed by atoms with van der Waals surface area (Å²) in [6, 6.07) is 0.696. The minimum Gasteiger partial charge on any atom is -0.352 e. The molecule has 2 aliphatic carbocycles. The lowest BCUT2D eigenvalue weighted by atomic mass is 10.1. The molecule has 4 heteroatoms. The van der Waals surface area contributed by atoms with Gasteiger partial charge in [0.15, 0.2) is 0 Å². The Morgan fingerprint density at radius 1 is 1.17 bits per heavy atom. The maximum atomic E-state index is 4.61. The molecule has 0 spiro atoms. The molecule has 0 saturated heterocycles. The Morgan fingerprint density at radius 2 is 2.00 bits per heavy atom. The predicted octanol–water partition coefficient (Wildman–Crippen LogP) is 3.11. The third kappa shape index (κ3) is 2.27. The Hall–Kier alpha value is -0.640. The van der Waals surface area contributed by atoms with Gasteiger partial charge in [-0.25, -0.2) is 9.97 Å². The van der Waals surface area contributed by atoms with Gasteiger partial charge >= 0.3 is 0 Å². The van der Waals surface area contributed by atoms with E-state index in [-0.39, 0.29) is 0 Å². The Morgan fingerprint density at radius 3 is 2.78 bits per heavy atom. The summed E-state index contributed by atoms with van der Waals surface area (Å²) in [4.78, 5) is 11.6. The number of nitrogens with zero attached hydrogens (tertiary/aromatic N) is 3. The first-order valence-corrected chi connectivity index (χ1v) is 8.17. The summed E-state index contributed by atoms with van der Waals surface area (Å²) < 4.78 is 0. The molecule has 1 aromatic rings. The van der Waals surface area contributed by atoms with Gasteiger partial charge in [-0.2, -0.15) is 0 Å². The molecule has 0 amide bonds. The average molecular weight is 310 g/mol. The lowest BCUT2D eigenvalue weighted by Gasteiger charge is -2.31. The van der Waals surface area contributed by atoms with Crippen LogP contribution in [0, 0.1) is 0 Å². The molecule has 1 aromatic heterocycles. The smallest absolute Gasteiger partial charge is 0.135 e. The van der Waals surface area contributed by atoms with Gasteiger partial charge in [0.25, 0.3) is 0 Å². The van der Waals surface area contributed by atoms with Crippen LogP contribution in [0.3, 0.4) is 0 Å². The molecule has 0 N–H and O–H groups in total. The van der Waals surface area contributed by atoms with Crippen LogP contribution in [0.25, 0.3) is 0 Å². The first-order chi connectivity index (χ1) is 8.90. The molecule has 0 radical (unpaired) electrons. The first-order valence-electron chi connectivity index (χ1n) is 7.05. The van der Waals surface area contributed by atoms with Crippen molar-refractivity contribution in [3.63, 3.8) is 0 Å². The third-order valence-electron chi connectivity index (χ3n) is 4.22. The number of hydrogen-bond acceptors (Lipinski definition) is 3. The quantitative estimate of drug-likeness (QED) is 0.800. The highest BCUT2D eigenvalue weighted by molar-refractivity contribution is 9.09. The van der Waals surface area contributed by atoms with Crippen LogP contribution in [0.5, 0.6) is 0 Å². The summed E-state index contributed by atoms with van der Waals surface area (Å²) in [5.74, 6) is 1.23. The minimum absolute atomic E-state index is 0.696. The summed E-state index contributed by atoms with van der Waals surface area (Å²) in [5, 5.41) is 1.02. The minimum atomic E-state index is 0.696. The molecular weight excluding hydrogens is 290 g/mol. The number of aromatic nitrogens is 2. The van der Waals surface area contributed by atoms with Gasteiger partial charge in [-0.05, 0) is 32.1 Å². The molecule has 2 aliphatic rings. The maximum Gasteiger partial charge on any atom is 0.135 e. The molecular formula is C14H20BrN3. The number of alkyl halides is 1. The summed E-state index contributed by atoms with van der Waals surface area (Å²) in [6.45, 7) is 1.06. The lowest BCUT2D eigenvalue weighted by molar-refractivity contribution is 0.612. The van der Waals surface area contributed by atoms with Crippen LogP contribution in [0.1, 0.15) is 43.4 Å². The monoisotopic (exact) mass is 309 g/mol. The van der Waals surface area contributed by atoms with E-state index in [1.165, 1.54) is 49.2 Å². The van der Waals surface area contributed by atoms with Crippen molar-refractivity contribution in [1.29, 1.82) is 0 Å². The SMILES string of the molecule is BrCCN(c1ncnc2c1CCC2)C1CCCC1. The fourth-order valence-corrected chi connectivity index (χ4v) is 3.74. The molecule has 0 bridgehead atoms. The van der Waals surface area contributed by atoms with E-state index in [2.05, 4.69) is 30.8 Å². The molecule has 18 heavy (non-hydrogen) atoms. The highest BCUT2D eigenvalue weighted by Crippen LogP contribution is 2.33. The van der Waals surface area contributed by atoms with Crippen LogP contribution in [-0.4, -0.2) is 27.9 Å². The van der Waals surface area contributed by atoms with Gasteiger partial charge in [-0.1, -0.05) is 28.8 Å². The largest absolute Gasteiger partial charge is 0.352 e. The van der Waals surface area contributed by atoms with Gasteiger partial charge in [-0.15, -0.1) is 0 Å². The first kappa shape index (κ1) is 12.4. The molecule has 3 nitrogen and oxygen atoms in total. The number of aryl methyl sites for hydroxylation is 1. The van der Waals surface area contributed by atoms with Gasteiger partial charge in [0, 0.05) is 29.2 Å². The van der Waals surface area contributed by atoms with E-state index in [1.54, 1.807) is 6.33 Å². The van der Waals surface area contributed by atoms with Gasteiger partial charge in [0.2, 0.25) is 0 Å². The Bertz CT molecular complexity index is 416. The zero-order chi connectivity index (χ0) is 12.4. The van der Waals surface area contributed by atoms with Crippen molar-refractivity contribution in [2.24, 2.45) is 0 Å². The number of hydrogen-bond donors (Lipinski definition) is 0. The summed E-state index contributed by atoms with van der Waals surface area (Å²) in [5.41, 5.74) is 2.71. The summed E-state index contributed by atoms with van der Waals surface area (Å²) >= 11 is 3.59. The van der Waals surface area contributed by atoms with Gasteiger partial charge in [-0.3, -0.25) is 0 Å². The van der Waals surface area contributed by atoms with Crippen molar-refractivity contribution in [2.75, 3.05) is 16.8 Å². The standard InChI is InChI=1S/C14H20BrN3/c15-8-9-18(11-4-1-2-5-11)14-12-6-3-7-13(12)16-10-17-14/h10-11H,1-9H2. The summed E-state index contributed by atoms with van der Waals surface area (Å²) in [6.07, 6.45) is 10.7. The number of halogens is 1. The van der Waals surface area contributed by atoms with Gasteiger partial charge in [0.05, 0.1) is 0 Å². The molecule has 0 aromatic carbocycles. The fourth-order valence-electron chi connectivity index (χ4n) is 3.36. The Balaban J connectivity index is 1.92. The molecule has 0 unspecified atom stereocenters. The second-order valence-electron chi connectivity index (χ2n) is 5.30. The van der Waals surface area contributed by atoms with Crippen molar-refractivity contribution < 1.29 is 0 Å². The number of anilines is 1. The average Bonchev–Trinajstić information content (AvgIpc) is 3.06. The molecule has 1 saturated carbocycles. The van der Waals surface area contributed by atoms with Crippen molar-refractivity contribution in [3.05, 3.63) is 17.6 Å². The van der Waals surface area contributed by atoms with E-state index in [0.717, 1.165) is 24.7 Å². The van der Waals surface area contributed by atoms with Crippen molar-refractivity contribution >= 4 is 21.7 Å². The maximum absolute atomic E-state index is 4.61. The number of rotatable bonds is 4. The Kier molecular flexibility index (Phi) is 3.83. The zero-order valence-corrected chi connectivity index (χ0v) is 12.3. The summed E-state index contributed by atoms with van der Waals surface area (Å²) in [7, 11) is 0. The lowest BCUT2D eigenvalue weighted by Crippen LogP contribution is -2.36. The molecule has 98 valence electrons. The molecule has 1 fully saturated rings. The van der Waals surface area contributed by atoms with Crippen molar-refractivity contribution in [3.8, 4) is 0 Å². The molecule has 3 rings (SSSR count). The second kappa shape index (κ2) is 5.55. The van der Waals surface area contributed by atoms with E-state index < -0.39 is 0 Å². The fraction of sp³-hybridized carbons (Fsp3) is 0.714. The second-order valence-corrected chi connectivity index (χ2v) is 6.09. The van der Waals surface area contributed by atoms with E-state index in [9.17, 15) is 0 Å².